The second kappa shape index (κ2) is 6.95. The van der Waals surface area contributed by atoms with Crippen LogP contribution in [0.5, 0.6) is 11.5 Å². The molecule has 146 valence electrons. The fourth-order valence-electron chi connectivity index (χ4n) is 2.95. The minimum atomic E-state index is -0.833. The van der Waals surface area contributed by atoms with Crippen LogP contribution in [0.1, 0.15) is 10.5 Å². The quantitative estimate of drug-likeness (QED) is 0.471. The number of nitrogens with two attached hydrogens (primary N) is 1. The minimum Gasteiger partial charge on any atom is -0.504 e. The van der Waals surface area contributed by atoms with Crippen LogP contribution < -0.4 is 16.2 Å². The number of hydrogen-bond acceptors (Lipinski definition) is 6. The zero-order valence-electron chi connectivity index (χ0n) is 15.0. The van der Waals surface area contributed by atoms with Gasteiger partial charge in [-0.1, -0.05) is 11.6 Å². The van der Waals surface area contributed by atoms with Gasteiger partial charge >= 0.3 is 5.69 Å². The van der Waals surface area contributed by atoms with Crippen molar-refractivity contribution in [3.8, 4) is 28.6 Å². The van der Waals surface area contributed by atoms with Crippen molar-refractivity contribution in [2.75, 3.05) is 7.11 Å². The van der Waals surface area contributed by atoms with E-state index >= 15 is 0 Å². The van der Waals surface area contributed by atoms with Gasteiger partial charge in [-0.2, -0.15) is 0 Å². The summed E-state index contributed by atoms with van der Waals surface area (Å²) in [6.45, 7) is 0. The van der Waals surface area contributed by atoms with Crippen LogP contribution in [-0.2, 0) is 0 Å². The lowest BCUT2D eigenvalue weighted by Crippen LogP contribution is -2.15. The number of aromatic nitrogens is 4. The van der Waals surface area contributed by atoms with Crippen molar-refractivity contribution in [1.82, 2.24) is 19.5 Å². The summed E-state index contributed by atoms with van der Waals surface area (Å²) in [4.78, 5) is 35.8. The van der Waals surface area contributed by atoms with E-state index in [1.54, 1.807) is 30.3 Å². The number of aromatic hydroxyl groups is 1. The number of halogens is 1. The number of rotatable bonds is 4. The number of hydrogen-bond donors (Lipinski definition) is 3. The first-order valence-electron chi connectivity index (χ1n) is 8.35. The van der Waals surface area contributed by atoms with Gasteiger partial charge in [0.1, 0.15) is 5.52 Å². The van der Waals surface area contributed by atoms with Crippen LogP contribution in [0.15, 0.2) is 47.3 Å². The lowest BCUT2D eigenvalue weighted by Gasteiger charge is -2.08. The normalized spacial score (nSPS) is 11.0. The first-order chi connectivity index (χ1) is 13.9. The Morgan fingerprint density at radius 2 is 1.93 bits per heavy atom. The summed E-state index contributed by atoms with van der Waals surface area (Å²) in [5.41, 5.74) is 5.97. The minimum absolute atomic E-state index is 0.103. The molecule has 9 nitrogen and oxygen atoms in total. The Bertz CT molecular complexity index is 1310. The van der Waals surface area contributed by atoms with Gasteiger partial charge in [-0.25, -0.2) is 19.3 Å². The van der Waals surface area contributed by atoms with Crippen LogP contribution in [0.3, 0.4) is 0 Å². The maximum absolute atomic E-state index is 12.6. The third kappa shape index (κ3) is 3.17. The van der Waals surface area contributed by atoms with E-state index in [1.165, 1.54) is 23.8 Å². The standard InChI is InChI=1S/C19H14ClN5O4/c1-29-13-7-2-9(8-12(13)26)17-22-14(16(21)27)15-18(24-17)25(19(28)23-15)11-5-3-10(20)4-6-11/h2-8,26H,1H3,(H2,21,27)(H,23,28). The van der Waals surface area contributed by atoms with Crippen LogP contribution >= 0.6 is 11.6 Å². The monoisotopic (exact) mass is 411 g/mol. The molecule has 2 aromatic heterocycles. The largest absolute Gasteiger partial charge is 0.504 e. The third-order valence-electron chi connectivity index (χ3n) is 4.29. The van der Waals surface area contributed by atoms with Crippen molar-refractivity contribution in [3.63, 3.8) is 0 Å². The van der Waals surface area contributed by atoms with E-state index in [-0.39, 0.29) is 34.2 Å². The van der Waals surface area contributed by atoms with Crippen molar-refractivity contribution in [1.29, 1.82) is 0 Å². The Labute approximate surface area is 168 Å². The molecule has 0 fully saturated rings. The number of benzene rings is 2. The third-order valence-corrected chi connectivity index (χ3v) is 4.54. The molecule has 0 aliphatic rings. The van der Waals surface area contributed by atoms with Crippen LogP contribution in [-0.4, -0.2) is 37.6 Å². The number of methoxy groups -OCH3 is 1. The fourth-order valence-corrected chi connectivity index (χ4v) is 3.08. The van der Waals surface area contributed by atoms with Crippen molar-refractivity contribution < 1.29 is 14.6 Å². The number of primary amides is 1. The molecule has 10 heteroatoms. The summed E-state index contributed by atoms with van der Waals surface area (Å²) >= 11 is 5.93. The molecule has 0 bridgehead atoms. The van der Waals surface area contributed by atoms with Crippen LogP contribution in [0, 0.1) is 0 Å². The van der Waals surface area contributed by atoms with E-state index in [0.29, 0.717) is 16.3 Å². The second-order valence-corrected chi connectivity index (χ2v) is 6.52. The SMILES string of the molecule is COc1ccc(-c2nc(C(N)=O)c3[nH]c(=O)n(-c4ccc(Cl)cc4)c3n2)cc1O. The Balaban J connectivity index is 2.01. The maximum Gasteiger partial charge on any atom is 0.332 e. The van der Waals surface area contributed by atoms with Gasteiger partial charge in [0.05, 0.1) is 12.8 Å². The van der Waals surface area contributed by atoms with E-state index in [4.69, 9.17) is 22.1 Å². The molecule has 4 N–H and O–H groups in total. The highest BCUT2D eigenvalue weighted by atomic mass is 35.5. The predicted molar refractivity (Wildman–Crippen MR) is 107 cm³/mol. The molecule has 0 aliphatic carbocycles. The Morgan fingerprint density at radius 3 is 2.55 bits per heavy atom. The Hall–Kier alpha value is -3.85. The molecule has 2 aromatic carbocycles. The van der Waals surface area contributed by atoms with Crippen molar-refractivity contribution in [3.05, 3.63) is 63.7 Å². The smallest absolute Gasteiger partial charge is 0.332 e. The molecular formula is C19H14ClN5O4. The van der Waals surface area contributed by atoms with Gasteiger partial charge in [0.25, 0.3) is 5.91 Å². The number of amides is 1. The zero-order valence-corrected chi connectivity index (χ0v) is 15.8. The average Bonchev–Trinajstić information content (AvgIpc) is 3.03. The predicted octanol–water partition coefficient (Wildman–Crippen LogP) is 2.24. The van der Waals surface area contributed by atoms with Crippen LogP contribution in [0.25, 0.3) is 28.2 Å². The number of aromatic amines is 1. The Morgan fingerprint density at radius 1 is 1.21 bits per heavy atom. The first-order valence-corrected chi connectivity index (χ1v) is 8.72. The summed E-state index contributed by atoms with van der Waals surface area (Å²) < 4.78 is 6.32. The molecule has 0 aliphatic heterocycles. The molecule has 2 heterocycles. The molecule has 0 saturated heterocycles. The first kappa shape index (κ1) is 18.5. The van der Waals surface area contributed by atoms with Crippen LogP contribution in [0.2, 0.25) is 5.02 Å². The van der Waals surface area contributed by atoms with Gasteiger partial charge < -0.3 is 20.6 Å². The second-order valence-electron chi connectivity index (χ2n) is 6.09. The number of fused-ring (bicyclic) bond motifs is 1. The molecule has 4 rings (SSSR count). The molecule has 0 spiro atoms. The number of H-pyrrole nitrogens is 1. The molecule has 0 unspecified atom stereocenters. The topological polar surface area (TPSA) is 136 Å². The van der Waals surface area contributed by atoms with E-state index in [0.717, 1.165) is 0 Å². The van der Waals surface area contributed by atoms with Gasteiger partial charge in [0, 0.05) is 10.6 Å². The lowest BCUT2D eigenvalue weighted by atomic mass is 10.2. The van der Waals surface area contributed by atoms with E-state index in [2.05, 4.69) is 15.0 Å². The lowest BCUT2D eigenvalue weighted by molar-refractivity contribution is 0.0997. The van der Waals surface area contributed by atoms with Crippen LogP contribution in [0.4, 0.5) is 0 Å². The van der Waals surface area contributed by atoms with Gasteiger partial charge in [0.15, 0.2) is 28.7 Å². The molecular weight excluding hydrogens is 398 g/mol. The number of carbonyl (C=O) groups is 1. The van der Waals surface area contributed by atoms with E-state index < -0.39 is 11.6 Å². The average molecular weight is 412 g/mol. The van der Waals surface area contributed by atoms with Crippen molar-refractivity contribution in [2.24, 2.45) is 5.73 Å². The highest BCUT2D eigenvalue weighted by Crippen LogP contribution is 2.31. The van der Waals surface area contributed by atoms with E-state index in [1.807, 2.05) is 0 Å². The van der Waals surface area contributed by atoms with Gasteiger partial charge in [0.2, 0.25) is 0 Å². The summed E-state index contributed by atoms with van der Waals surface area (Å²) in [7, 11) is 1.42. The van der Waals surface area contributed by atoms with Gasteiger partial charge in [-0.3, -0.25) is 4.79 Å². The zero-order chi connectivity index (χ0) is 20.7. The number of carbonyl (C=O) groups excluding carboxylic acids is 1. The van der Waals surface area contributed by atoms with Crippen molar-refractivity contribution >= 4 is 28.7 Å². The summed E-state index contributed by atoms with van der Waals surface area (Å²) in [5, 5.41) is 10.6. The molecule has 4 aromatic rings. The number of ether oxygens (including phenoxy) is 1. The number of imidazole rings is 1. The molecule has 0 radical (unpaired) electrons. The number of nitrogens with zero attached hydrogens (tertiary/aromatic N) is 3. The highest BCUT2D eigenvalue weighted by molar-refractivity contribution is 6.30. The summed E-state index contributed by atoms with van der Waals surface area (Å²) in [5.74, 6) is -0.588. The number of phenolic OH excluding ortho intramolecular Hbond substituents is 1. The molecule has 0 saturated carbocycles. The highest BCUT2D eigenvalue weighted by Gasteiger charge is 2.20. The fraction of sp³-hybridized carbons (Fsp3) is 0.0526. The number of phenols is 1. The summed E-state index contributed by atoms with van der Waals surface area (Å²) in [6.07, 6.45) is 0. The van der Waals surface area contributed by atoms with E-state index in [9.17, 15) is 14.7 Å². The summed E-state index contributed by atoms with van der Waals surface area (Å²) in [6, 6.07) is 11.1. The van der Waals surface area contributed by atoms with Gasteiger partial charge in [-0.15, -0.1) is 0 Å². The van der Waals surface area contributed by atoms with Crippen molar-refractivity contribution in [2.45, 2.75) is 0 Å². The number of nitrogens with one attached hydrogen (secondary N) is 1. The molecule has 1 amide bonds. The maximum atomic E-state index is 12.6. The Kier molecular flexibility index (Phi) is 4.44. The van der Waals surface area contributed by atoms with Gasteiger partial charge in [-0.05, 0) is 42.5 Å². The molecule has 29 heavy (non-hydrogen) atoms. The molecule has 0 atom stereocenters.